The Hall–Kier alpha value is -3.85. The van der Waals surface area contributed by atoms with E-state index in [4.69, 9.17) is 13.9 Å². The lowest BCUT2D eigenvalue weighted by Gasteiger charge is -2.27. The third-order valence-corrected chi connectivity index (χ3v) is 5.67. The van der Waals surface area contributed by atoms with Crippen LogP contribution in [0.3, 0.4) is 0 Å². The van der Waals surface area contributed by atoms with Crippen LogP contribution in [0, 0.1) is 0 Å². The van der Waals surface area contributed by atoms with Gasteiger partial charge >= 0.3 is 17.6 Å². The van der Waals surface area contributed by atoms with Crippen molar-refractivity contribution in [2.45, 2.75) is 59.4 Å². The number of aliphatic hydroxyl groups is 1. The highest BCUT2D eigenvalue weighted by Crippen LogP contribution is 2.31. The maximum atomic E-state index is 13.0. The van der Waals surface area contributed by atoms with Gasteiger partial charge in [0, 0.05) is 42.5 Å². The van der Waals surface area contributed by atoms with Gasteiger partial charge in [-0.3, -0.25) is 9.59 Å². The number of nitrogens with zero attached hydrogens (tertiary/aromatic N) is 2. The highest BCUT2D eigenvalue weighted by Gasteiger charge is 2.24. The summed E-state index contributed by atoms with van der Waals surface area (Å²) in [5.41, 5.74) is 1.10. The number of carbonyl (C=O) groups is 2. The van der Waals surface area contributed by atoms with Gasteiger partial charge in [0.05, 0.1) is 12.2 Å². The van der Waals surface area contributed by atoms with Crippen LogP contribution < -0.4 is 15.4 Å². The molecule has 0 aliphatic heterocycles. The summed E-state index contributed by atoms with van der Waals surface area (Å²) >= 11 is 0. The van der Waals surface area contributed by atoms with Gasteiger partial charge in [-0.1, -0.05) is 12.1 Å². The van der Waals surface area contributed by atoms with Crippen molar-refractivity contribution in [2.75, 3.05) is 37.0 Å². The second kappa shape index (κ2) is 11.5. The van der Waals surface area contributed by atoms with Crippen molar-refractivity contribution in [3.63, 3.8) is 0 Å². The Balaban J connectivity index is 1.99. The Morgan fingerprint density at radius 1 is 0.846 bits per heavy atom. The van der Waals surface area contributed by atoms with Gasteiger partial charge in [-0.25, -0.2) is 4.79 Å². The molecule has 0 saturated carbocycles. The second-order valence-corrected chi connectivity index (χ2v) is 11.6. The van der Waals surface area contributed by atoms with E-state index in [1.165, 1.54) is 0 Å². The molecule has 1 aromatic heterocycles. The average molecular weight is 539 g/mol. The summed E-state index contributed by atoms with van der Waals surface area (Å²) in [5, 5.41) is 10.8. The Kier molecular flexibility index (Phi) is 8.75. The molecule has 0 radical (unpaired) electrons. The zero-order valence-corrected chi connectivity index (χ0v) is 24.0. The average Bonchev–Trinajstić information content (AvgIpc) is 2.80. The fraction of sp³-hybridized carbons (Fsp3) is 0.433. The van der Waals surface area contributed by atoms with Crippen LogP contribution in [-0.2, 0) is 25.7 Å². The highest BCUT2D eigenvalue weighted by molar-refractivity contribution is 5.89. The van der Waals surface area contributed by atoms with E-state index in [-0.39, 0.29) is 25.3 Å². The molecule has 1 N–H and O–H groups in total. The van der Waals surface area contributed by atoms with Crippen LogP contribution in [0.1, 0.15) is 47.1 Å². The number of benzene rings is 2. The first-order valence-corrected chi connectivity index (χ1v) is 12.7. The molecule has 9 nitrogen and oxygen atoms in total. The fourth-order valence-corrected chi connectivity index (χ4v) is 4.12. The maximum Gasteiger partial charge on any atom is 0.344 e. The summed E-state index contributed by atoms with van der Waals surface area (Å²) in [6, 6.07) is 12.2. The van der Waals surface area contributed by atoms with E-state index in [1.54, 1.807) is 76.8 Å². The van der Waals surface area contributed by atoms with Crippen molar-refractivity contribution in [1.29, 1.82) is 0 Å². The van der Waals surface area contributed by atoms with Crippen LogP contribution in [0.5, 0.6) is 0 Å². The largest absolute Gasteiger partial charge is 0.459 e. The van der Waals surface area contributed by atoms with Crippen molar-refractivity contribution in [3.8, 4) is 11.1 Å². The van der Waals surface area contributed by atoms with E-state index < -0.39 is 28.8 Å². The van der Waals surface area contributed by atoms with E-state index in [0.717, 1.165) is 5.69 Å². The van der Waals surface area contributed by atoms with Crippen LogP contribution in [0.4, 0.5) is 11.4 Å². The molecule has 0 fully saturated rings. The van der Waals surface area contributed by atoms with Gasteiger partial charge in [-0.15, -0.1) is 0 Å². The van der Waals surface area contributed by atoms with Gasteiger partial charge in [-0.2, -0.15) is 0 Å². The van der Waals surface area contributed by atoms with Gasteiger partial charge < -0.3 is 28.8 Å². The van der Waals surface area contributed by atoms with E-state index in [2.05, 4.69) is 0 Å². The molecule has 0 aliphatic carbocycles. The molecular weight excluding hydrogens is 500 g/mol. The number of aliphatic hydroxyl groups excluding tert-OH is 1. The van der Waals surface area contributed by atoms with Crippen molar-refractivity contribution in [2.24, 2.45) is 0 Å². The molecule has 0 unspecified atom stereocenters. The zero-order valence-electron chi connectivity index (χ0n) is 24.0. The van der Waals surface area contributed by atoms with Crippen molar-refractivity contribution in [3.05, 3.63) is 58.4 Å². The number of hydrogen-bond acceptors (Lipinski definition) is 9. The summed E-state index contributed by atoms with van der Waals surface area (Å²) in [7, 11) is 3.77. The quantitative estimate of drug-likeness (QED) is 0.327. The number of rotatable bonds is 8. The van der Waals surface area contributed by atoms with Gasteiger partial charge in [-0.05, 0) is 71.4 Å². The summed E-state index contributed by atoms with van der Waals surface area (Å²) < 4.78 is 16.5. The van der Waals surface area contributed by atoms with Crippen molar-refractivity contribution >= 4 is 34.3 Å². The number of ether oxygens (including phenoxy) is 2. The lowest BCUT2D eigenvalue weighted by molar-refractivity contribution is -0.154. The molecule has 0 aliphatic rings. The van der Waals surface area contributed by atoms with Crippen LogP contribution in [0.2, 0.25) is 0 Å². The lowest BCUT2D eigenvalue weighted by atomic mass is 9.98. The van der Waals surface area contributed by atoms with Crippen molar-refractivity contribution in [1.82, 2.24) is 0 Å². The number of esters is 2. The first kappa shape index (κ1) is 29.7. The molecule has 0 bridgehead atoms. The fourth-order valence-electron chi connectivity index (χ4n) is 4.12. The molecule has 9 heteroatoms. The minimum atomic E-state index is -0.684. The van der Waals surface area contributed by atoms with Gasteiger partial charge in [0.1, 0.15) is 29.9 Å². The Morgan fingerprint density at radius 3 is 1.82 bits per heavy atom. The van der Waals surface area contributed by atoms with Crippen molar-refractivity contribution < 1.29 is 28.6 Å². The van der Waals surface area contributed by atoms with Gasteiger partial charge in [0.25, 0.3) is 0 Å². The zero-order chi connectivity index (χ0) is 29.1. The second-order valence-electron chi connectivity index (χ2n) is 11.6. The molecule has 39 heavy (non-hydrogen) atoms. The minimum absolute atomic E-state index is 0.177. The Bertz CT molecular complexity index is 1360. The molecule has 0 amide bonds. The predicted octanol–water partition coefficient (Wildman–Crippen LogP) is 4.51. The number of anilines is 2. The summed E-state index contributed by atoms with van der Waals surface area (Å²) in [4.78, 5) is 41.7. The number of fused-ring (bicyclic) bond motifs is 1. The minimum Gasteiger partial charge on any atom is -0.459 e. The van der Waals surface area contributed by atoms with Gasteiger partial charge in [0.15, 0.2) is 0 Å². The van der Waals surface area contributed by atoms with Crippen LogP contribution >= 0.6 is 0 Å². The third-order valence-electron chi connectivity index (χ3n) is 5.67. The molecule has 0 spiro atoms. The van der Waals surface area contributed by atoms with E-state index >= 15 is 0 Å². The maximum absolute atomic E-state index is 13.0. The van der Waals surface area contributed by atoms with Crippen LogP contribution in [-0.4, -0.2) is 55.4 Å². The third kappa shape index (κ3) is 7.83. The monoisotopic (exact) mass is 538 g/mol. The predicted molar refractivity (Wildman–Crippen MR) is 152 cm³/mol. The Labute approximate surface area is 228 Å². The first-order valence-electron chi connectivity index (χ1n) is 12.7. The molecule has 210 valence electrons. The summed E-state index contributed by atoms with van der Waals surface area (Å²) in [6.45, 7) is 9.92. The molecular formula is C30H38N2O7. The molecule has 0 saturated heterocycles. The van der Waals surface area contributed by atoms with E-state index in [1.807, 2.05) is 31.1 Å². The number of carbonyl (C=O) groups excluding carboxylic acids is 2. The lowest BCUT2D eigenvalue weighted by Crippen LogP contribution is -2.40. The SMILES string of the molecule is CN(C)c1ccc2c(CO)c(-c3ccc(N(CC(=O)OC(C)(C)C)CC(=O)OC(C)(C)C)cc3)c(=O)oc2c1. The normalized spacial score (nSPS) is 11.8. The summed E-state index contributed by atoms with van der Waals surface area (Å²) in [5.74, 6) is -0.991. The first-order chi connectivity index (χ1) is 18.1. The smallest absolute Gasteiger partial charge is 0.344 e. The molecule has 3 aromatic rings. The Morgan fingerprint density at radius 2 is 1.36 bits per heavy atom. The topological polar surface area (TPSA) is 110 Å². The molecule has 2 aromatic carbocycles. The van der Waals surface area contributed by atoms with E-state index in [9.17, 15) is 19.5 Å². The molecule has 0 atom stereocenters. The van der Waals surface area contributed by atoms with Crippen LogP contribution in [0.15, 0.2) is 51.7 Å². The molecule has 1 heterocycles. The van der Waals surface area contributed by atoms with Gasteiger partial charge in [0.2, 0.25) is 0 Å². The number of hydrogen-bond donors (Lipinski definition) is 1. The summed E-state index contributed by atoms with van der Waals surface area (Å²) in [6.07, 6.45) is 0. The van der Waals surface area contributed by atoms with Crippen LogP contribution in [0.25, 0.3) is 22.1 Å². The standard InChI is InChI=1S/C30H38N2O7/c1-29(2,3)38-25(34)16-32(17-26(35)39-30(4,5)6)20-11-9-19(10-12-20)27-23(18-33)22-14-13-21(31(7)8)15-24(22)37-28(27)36/h9-15,33H,16-18H2,1-8H3. The highest BCUT2D eigenvalue weighted by atomic mass is 16.6. The van der Waals surface area contributed by atoms with E-state index in [0.29, 0.717) is 27.8 Å². The molecule has 3 rings (SSSR count).